The van der Waals surface area contributed by atoms with Crippen molar-refractivity contribution in [2.45, 2.75) is 44.2 Å². The molecule has 128 valence electrons. The lowest BCUT2D eigenvalue weighted by Gasteiger charge is -2.27. The lowest BCUT2D eigenvalue weighted by Crippen LogP contribution is -2.42. The fourth-order valence-electron chi connectivity index (χ4n) is 4.23. The Morgan fingerprint density at radius 3 is 2.56 bits per heavy atom. The molecule has 0 aromatic heterocycles. The average Bonchev–Trinajstić information content (AvgIpc) is 3.13. The summed E-state index contributed by atoms with van der Waals surface area (Å²) >= 11 is 0. The highest BCUT2D eigenvalue weighted by molar-refractivity contribution is 6.08. The summed E-state index contributed by atoms with van der Waals surface area (Å²) in [7, 11) is 0. The number of hydrogen-bond donors (Lipinski definition) is 1. The van der Waals surface area contributed by atoms with Crippen molar-refractivity contribution in [1.82, 2.24) is 10.2 Å². The van der Waals surface area contributed by atoms with Crippen molar-refractivity contribution in [2.24, 2.45) is 0 Å². The zero-order valence-corrected chi connectivity index (χ0v) is 14.4. The zero-order valence-electron chi connectivity index (χ0n) is 14.4. The van der Waals surface area contributed by atoms with E-state index in [-0.39, 0.29) is 18.0 Å². The minimum atomic E-state index is -0.881. The minimum absolute atomic E-state index is 0.107. The summed E-state index contributed by atoms with van der Waals surface area (Å²) in [5.74, 6) is -0.107. The number of aryl methyl sites for hydroxylation is 1. The van der Waals surface area contributed by atoms with Crippen LogP contribution in [-0.2, 0) is 16.8 Å². The largest absolute Gasteiger partial charge is 0.325 e. The average molecular weight is 334 g/mol. The standard InChI is InChI=1S/C21H22N2O2/c1-2-8-18(16-10-4-3-5-11-16)23-19(24)21(22-20(23)25)14-13-15-9-6-7-12-17(15)21/h3-7,9-12,18H,2,8,13-14H2,1H3,(H,22,25). The molecule has 0 bridgehead atoms. The van der Waals surface area contributed by atoms with Gasteiger partial charge in [-0.15, -0.1) is 0 Å². The van der Waals surface area contributed by atoms with E-state index in [0.717, 1.165) is 36.0 Å². The van der Waals surface area contributed by atoms with Gasteiger partial charge < -0.3 is 5.32 Å². The molecule has 3 amide bonds. The number of hydrogen-bond acceptors (Lipinski definition) is 2. The van der Waals surface area contributed by atoms with Crippen molar-refractivity contribution >= 4 is 11.9 Å². The van der Waals surface area contributed by atoms with Crippen molar-refractivity contribution in [1.29, 1.82) is 0 Å². The van der Waals surface area contributed by atoms with Crippen molar-refractivity contribution in [3.8, 4) is 0 Å². The van der Waals surface area contributed by atoms with Crippen LogP contribution in [0.25, 0.3) is 0 Å². The number of nitrogens with zero attached hydrogens (tertiary/aromatic N) is 1. The third-order valence-electron chi connectivity index (χ3n) is 5.43. The number of benzene rings is 2. The summed E-state index contributed by atoms with van der Waals surface area (Å²) in [6.07, 6.45) is 3.13. The number of carbonyl (C=O) groups excluding carboxylic acids is 2. The number of urea groups is 1. The van der Waals surface area contributed by atoms with Crippen molar-refractivity contribution in [3.63, 3.8) is 0 Å². The summed E-state index contributed by atoms with van der Waals surface area (Å²) in [6.45, 7) is 2.08. The van der Waals surface area contributed by atoms with Crippen molar-refractivity contribution in [3.05, 3.63) is 71.3 Å². The van der Waals surface area contributed by atoms with Crippen LogP contribution in [0.3, 0.4) is 0 Å². The van der Waals surface area contributed by atoms with Crippen LogP contribution in [0.5, 0.6) is 0 Å². The summed E-state index contributed by atoms with van der Waals surface area (Å²) < 4.78 is 0. The van der Waals surface area contributed by atoms with Crippen LogP contribution < -0.4 is 5.32 Å². The molecule has 1 fully saturated rings. The van der Waals surface area contributed by atoms with Gasteiger partial charge in [0.15, 0.2) is 0 Å². The van der Waals surface area contributed by atoms with Crippen LogP contribution in [0.2, 0.25) is 0 Å². The molecule has 4 rings (SSSR count). The molecule has 4 nitrogen and oxygen atoms in total. The van der Waals surface area contributed by atoms with Gasteiger partial charge in [0.2, 0.25) is 0 Å². The number of fused-ring (bicyclic) bond motifs is 2. The number of rotatable bonds is 4. The van der Waals surface area contributed by atoms with Crippen LogP contribution in [-0.4, -0.2) is 16.8 Å². The van der Waals surface area contributed by atoms with E-state index in [1.54, 1.807) is 0 Å². The Kier molecular flexibility index (Phi) is 3.83. The first-order chi connectivity index (χ1) is 12.2. The van der Waals surface area contributed by atoms with Crippen LogP contribution >= 0.6 is 0 Å². The van der Waals surface area contributed by atoms with Gasteiger partial charge in [-0.05, 0) is 36.0 Å². The first-order valence-electron chi connectivity index (χ1n) is 8.96. The summed E-state index contributed by atoms with van der Waals surface area (Å²) in [4.78, 5) is 27.7. The maximum absolute atomic E-state index is 13.4. The molecule has 25 heavy (non-hydrogen) atoms. The highest BCUT2D eigenvalue weighted by atomic mass is 16.2. The van der Waals surface area contributed by atoms with Gasteiger partial charge in [0.05, 0.1) is 6.04 Å². The Balaban J connectivity index is 1.75. The maximum atomic E-state index is 13.4. The Morgan fingerprint density at radius 2 is 1.80 bits per heavy atom. The van der Waals surface area contributed by atoms with Gasteiger partial charge in [-0.25, -0.2) is 4.79 Å². The van der Waals surface area contributed by atoms with Crippen LogP contribution in [0.1, 0.15) is 48.9 Å². The van der Waals surface area contributed by atoms with Gasteiger partial charge in [-0.1, -0.05) is 67.9 Å². The molecule has 1 aliphatic heterocycles. The molecule has 2 aromatic carbocycles. The smallest absolute Gasteiger partial charge is 0.319 e. The quantitative estimate of drug-likeness (QED) is 0.862. The van der Waals surface area contributed by atoms with Gasteiger partial charge in [-0.3, -0.25) is 9.69 Å². The second-order valence-electron chi connectivity index (χ2n) is 6.88. The fraction of sp³-hybridized carbons (Fsp3) is 0.333. The van der Waals surface area contributed by atoms with Crippen LogP contribution in [0, 0.1) is 0 Å². The first kappa shape index (κ1) is 15.9. The third-order valence-corrected chi connectivity index (χ3v) is 5.43. The molecule has 1 spiro atoms. The molecule has 0 saturated carbocycles. The lowest BCUT2D eigenvalue weighted by molar-refractivity contribution is -0.133. The molecular weight excluding hydrogens is 312 g/mol. The van der Waals surface area contributed by atoms with E-state index in [0.29, 0.717) is 6.42 Å². The zero-order chi connectivity index (χ0) is 17.4. The number of amides is 3. The van der Waals surface area contributed by atoms with Gasteiger partial charge in [0.25, 0.3) is 5.91 Å². The summed E-state index contributed by atoms with van der Waals surface area (Å²) in [5, 5.41) is 3.03. The van der Waals surface area contributed by atoms with Crippen LogP contribution in [0.15, 0.2) is 54.6 Å². The molecule has 2 atom stereocenters. The Hall–Kier alpha value is -2.62. The molecule has 2 aliphatic rings. The van der Waals surface area contributed by atoms with E-state index in [9.17, 15) is 9.59 Å². The van der Waals surface area contributed by atoms with Gasteiger partial charge in [0.1, 0.15) is 5.54 Å². The van der Waals surface area contributed by atoms with Gasteiger partial charge >= 0.3 is 6.03 Å². The minimum Gasteiger partial charge on any atom is -0.319 e. The van der Waals surface area contributed by atoms with E-state index < -0.39 is 5.54 Å². The Labute approximate surface area is 147 Å². The van der Waals surface area contributed by atoms with E-state index >= 15 is 0 Å². The molecule has 0 radical (unpaired) electrons. The van der Waals surface area contributed by atoms with Gasteiger partial charge in [-0.2, -0.15) is 0 Å². The second-order valence-corrected chi connectivity index (χ2v) is 6.88. The van der Waals surface area contributed by atoms with E-state index in [4.69, 9.17) is 0 Å². The molecule has 1 heterocycles. The molecule has 1 aliphatic carbocycles. The van der Waals surface area contributed by atoms with Gasteiger partial charge in [0, 0.05) is 0 Å². The number of carbonyl (C=O) groups is 2. The number of nitrogens with one attached hydrogen (secondary N) is 1. The summed E-state index contributed by atoms with van der Waals surface area (Å²) in [6, 6.07) is 17.3. The highest BCUT2D eigenvalue weighted by Crippen LogP contribution is 2.44. The monoisotopic (exact) mass is 334 g/mol. The molecule has 4 heteroatoms. The molecule has 2 aromatic rings. The molecule has 2 unspecified atom stereocenters. The third kappa shape index (κ3) is 2.36. The predicted octanol–water partition coefficient (Wildman–Crippen LogP) is 3.92. The fourth-order valence-corrected chi connectivity index (χ4v) is 4.23. The molecule has 1 saturated heterocycles. The molecular formula is C21H22N2O2. The molecule has 1 N–H and O–H groups in total. The van der Waals surface area contributed by atoms with Crippen LogP contribution in [0.4, 0.5) is 4.79 Å². The Morgan fingerprint density at radius 1 is 1.08 bits per heavy atom. The lowest BCUT2D eigenvalue weighted by atomic mass is 9.91. The van der Waals surface area contributed by atoms with E-state index in [2.05, 4.69) is 12.2 Å². The SMILES string of the molecule is CCCC(c1ccccc1)N1C(=O)NC2(CCc3ccccc32)C1=O. The normalized spacial score (nSPS) is 23.0. The van der Waals surface area contributed by atoms with Crippen molar-refractivity contribution < 1.29 is 9.59 Å². The predicted molar refractivity (Wildman–Crippen MR) is 95.9 cm³/mol. The summed E-state index contributed by atoms with van der Waals surface area (Å²) in [5.41, 5.74) is 2.24. The Bertz CT molecular complexity index is 818. The highest BCUT2D eigenvalue weighted by Gasteiger charge is 2.56. The topological polar surface area (TPSA) is 49.4 Å². The number of imide groups is 1. The maximum Gasteiger partial charge on any atom is 0.325 e. The van der Waals surface area contributed by atoms with E-state index in [1.807, 2.05) is 54.6 Å². The second kappa shape index (κ2) is 6.03. The first-order valence-corrected chi connectivity index (χ1v) is 8.96. The van der Waals surface area contributed by atoms with Crippen molar-refractivity contribution in [2.75, 3.05) is 0 Å². The van der Waals surface area contributed by atoms with E-state index in [1.165, 1.54) is 4.90 Å².